The standard InChI is InChI=1S/C26H21Cl2N3O3/c1-3-30(19-7-5-4-6-8-19)24(32)17-10-9-16(2)21(15-17)29-23-22(28)25(33)31(26(23)34)20-13-11-18(27)12-14-20/h4-15,29H,3H2,1-2H3. The summed E-state index contributed by atoms with van der Waals surface area (Å²) in [7, 11) is 0. The van der Waals surface area contributed by atoms with Gasteiger partial charge >= 0.3 is 0 Å². The molecule has 0 saturated carbocycles. The van der Waals surface area contributed by atoms with Crippen molar-refractivity contribution in [1.82, 2.24) is 0 Å². The van der Waals surface area contributed by atoms with Gasteiger partial charge in [-0.15, -0.1) is 0 Å². The van der Waals surface area contributed by atoms with E-state index in [0.717, 1.165) is 16.2 Å². The zero-order valence-corrected chi connectivity index (χ0v) is 20.0. The fourth-order valence-electron chi connectivity index (χ4n) is 3.67. The minimum atomic E-state index is -0.636. The van der Waals surface area contributed by atoms with Crippen LogP contribution < -0.4 is 15.1 Å². The van der Waals surface area contributed by atoms with E-state index in [9.17, 15) is 14.4 Å². The maximum atomic E-state index is 13.2. The molecule has 172 valence electrons. The predicted molar refractivity (Wildman–Crippen MR) is 135 cm³/mol. The number of nitrogens with zero attached hydrogens (tertiary/aromatic N) is 2. The number of hydrogen-bond donors (Lipinski definition) is 1. The van der Waals surface area contributed by atoms with Gasteiger partial charge in [0.1, 0.15) is 10.7 Å². The molecule has 3 amide bonds. The van der Waals surface area contributed by atoms with Gasteiger partial charge in [-0.1, -0.05) is 47.5 Å². The molecule has 1 aliphatic rings. The quantitative estimate of drug-likeness (QED) is 0.443. The Kier molecular flexibility index (Phi) is 6.72. The van der Waals surface area contributed by atoms with Gasteiger partial charge in [-0.25, -0.2) is 4.90 Å². The van der Waals surface area contributed by atoms with E-state index in [0.29, 0.717) is 28.5 Å². The zero-order valence-electron chi connectivity index (χ0n) is 18.5. The van der Waals surface area contributed by atoms with E-state index in [4.69, 9.17) is 23.2 Å². The number of para-hydroxylation sites is 1. The highest BCUT2D eigenvalue weighted by molar-refractivity contribution is 6.53. The first-order chi connectivity index (χ1) is 16.3. The molecule has 1 aliphatic heterocycles. The van der Waals surface area contributed by atoms with Crippen molar-refractivity contribution in [3.63, 3.8) is 0 Å². The van der Waals surface area contributed by atoms with E-state index in [1.807, 2.05) is 44.2 Å². The molecule has 0 atom stereocenters. The molecule has 8 heteroatoms. The van der Waals surface area contributed by atoms with Gasteiger partial charge in [0.25, 0.3) is 17.7 Å². The third-order valence-corrected chi connectivity index (χ3v) is 6.09. The lowest BCUT2D eigenvalue weighted by Crippen LogP contribution is -2.32. The molecule has 0 radical (unpaired) electrons. The van der Waals surface area contributed by atoms with Gasteiger partial charge in [0, 0.05) is 28.5 Å². The predicted octanol–water partition coefficient (Wildman–Crippen LogP) is 5.75. The maximum Gasteiger partial charge on any atom is 0.283 e. The number of hydrogen-bond acceptors (Lipinski definition) is 4. The van der Waals surface area contributed by atoms with Crippen molar-refractivity contribution >= 4 is 58.0 Å². The van der Waals surface area contributed by atoms with Crippen LogP contribution in [0.4, 0.5) is 17.1 Å². The van der Waals surface area contributed by atoms with Gasteiger partial charge in [0.05, 0.1) is 5.69 Å². The third-order valence-electron chi connectivity index (χ3n) is 5.49. The number of nitrogens with one attached hydrogen (secondary N) is 1. The molecule has 3 aromatic rings. The van der Waals surface area contributed by atoms with Crippen LogP contribution in [0.1, 0.15) is 22.8 Å². The van der Waals surface area contributed by atoms with Crippen LogP contribution in [0, 0.1) is 6.92 Å². The monoisotopic (exact) mass is 493 g/mol. The fourth-order valence-corrected chi connectivity index (χ4v) is 4.01. The van der Waals surface area contributed by atoms with E-state index in [2.05, 4.69) is 5.32 Å². The van der Waals surface area contributed by atoms with Crippen LogP contribution in [-0.2, 0) is 9.59 Å². The molecule has 0 saturated heterocycles. The second kappa shape index (κ2) is 9.71. The Morgan fingerprint density at radius 1 is 0.941 bits per heavy atom. The largest absolute Gasteiger partial charge is 0.349 e. The molecule has 0 aromatic heterocycles. The third kappa shape index (κ3) is 4.42. The lowest BCUT2D eigenvalue weighted by Gasteiger charge is -2.22. The van der Waals surface area contributed by atoms with Crippen LogP contribution in [0.3, 0.4) is 0 Å². The molecule has 4 rings (SSSR count). The summed E-state index contributed by atoms with van der Waals surface area (Å²) in [5.41, 5.74) is 2.80. The Hall–Kier alpha value is -3.61. The van der Waals surface area contributed by atoms with E-state index in [1.165, 1.54) is 0 Å². The molecule has 0 bridgehead atoms. The number of carbonyl (C=O) groups excluding carboxylic acids is 3. The Balaban J connectivity index is 1.62. The van der Waals surface area contributed by atoms with Crippen molar-refractivity contribution < 1.29 is 14.4 Å². The number of amides is 3. The number of benzene rings is 3. The number of rotatable bonds is 6. The minimum Gasteiger partial charge on any atom is -0.349 e. The molecule has 0 aliphatic carbocycles. The molecule has 1 N–H and O–H groups in total. The molecule has 34 heavy (non-hydrogen) atoms. The van der Waals surface area contributed by atoms with Crippen molar-refractivity contribution in [2.45, 2.75) is 13.8 Å². The highest BCUT2D eigenvalue weighted by Gasteiger charge is 2.39. The molecule has 1 heterocycles. The van der Waals surface area contributed by atoms with E-state index in [-0.39, 0.29) is 16.6 Å². The van der Waals surface area contributed by atoms with Gasteiger partial charge in [0.15, 0.2) is 0 Å². The van der Waals surface area contributed by atoms with Crippen LogP contribution in [0.15, 0.2) is 83.5 Å². The van der Waals surface area contributed by atoms with Crippen LogP contribution in [0.2, 0.25) is 5.02 Å². The Morgan fingerprint density at radius 2 is 1.62 bits per heavy atom. The highest BCUT2D eigenvalue weighted by atomic mass is 35.5. The van der Waals surface area contributed by atoms with E-state index in [1.54, 1.807) is 47.4 Å². The smallest absolute Gasteiger partial charge is 0.283 e. The Morgan fingerprint density at radius 3 is 2.26 bits per heavy atom. The summed E-state index contributed by atoms with van der Waals surface area (Å²) in [6.07, 6.45) is 0. The maximum absolute atomic E-state index is 13.2. The Labute approximate surface area is 207 Å². The number of anilines is 3. The number of halogens is 2. The van der Waals surface area contributed by atoms with Crippen molar-refractivity contribution in [3.8, 4) is 0 Å². The number of imide groups is 1. The second-order valence-corrected chi connectivity index (χ2v) is 8.47. The molecule has 0 spiro atoms. The van der Waals surface area contributed by atoms with Crippen molar-refractivity contribution in [2.24, 2.45) is 0 Å². The van der Waals surface area contributed by atoms with Crippen molar-refractivity contribution in [2.75, 3.05) is 21.7 Å². The Bertz CT molecular complexity index is 1300. The van der Waals surface area contributed by atoms with Gasteiger partial charge in [-0.05, 0) is 67.9 Å². The zero-order chi connectivity index (χ0) is 24.4. The van der Waals surface area contributed by atoms with Crippen molar-refractivity contribution in [1.29, 1.82) is 0 Å². The topological polar surface area (TPSA) is 69.7 Å². The first kappa shape index (κ1) is 23.5. The molecule has 0 unspecified atom stereocenters. The summed E-state index contributed by atoms with van der Waals surface area (Å²) in [4.78, 5) is 41.7. The summed E-state index contributed by atoms with van der Waals surface area (Å²) < 4.78 is 0. The summed E-state index contributed by atoms with van der Waals surface area (Å²) in [6.45, 7) is 4.22. The lowest BCUT2D eigenvalue weighted by atomic mass is 10.1. The normalized spacial score (nSPS) is 13.5. The van der Waals surface area contributed by atoms with E-state index < -0.39 is 11.8 Å². The van der Waals surface area contributed by atoms with Crippen LogP contribution in [0.25, 0.3) is 0 Å². The SMILES string of the molecule is CCN(C(=O)c1ccc(C)c(NC2=C(Cl)C(=O)N(c3ccc(Cl)cc3)C2=O)c1)c1ccccc1. The van der Waals surface area contributed by atoms with Gasteiger partial charge in [-0.3, -0.25) is 14.4 Å². The van der Waals surface area contributed by atoms with Crippen LogP contribution in [-0.4, -0.2) is 24.3 Å². The van der Waals surface area contributed by atoms with E-state index >= 15 is 0 Å². The average molecular weight is 494 g/mol. The minimum absolute atomic E-state index is 0.0512. The van der Waals surface area contributed by atoms with Crippen molar-refractivity contribution in [3.05, 3.63) is 99.7 Å². The van der Waals surface area contributed by atoms with Crippen LogP contribution in [0.5, 0.6) is 0 Å². The fraction of sp³-hybridized carbons (Fsp3) is 0.115. The second-order valence-electron chi connectivity index (χ2n) is 7.65. The summed E-state index contributed by atoms with van der Waals surface area (Å²) in [5.74, 6) is -1.41. The summed E-state index contributed by atoms with van der Waals surface area (Å²) in [6, 6.07) is 20.8. The molecule has 6 nitrogen and oxygen atoms in total. The summed E-state index contributed by atoms with van der Waals surface area (Å²) >= 11 is 12.2. The first-order valence-electron chi connectivity index (χ1n) is 10.6. The van der Waals surface area contributed by atoms with Gasteiger partial charge < -0.3 is 10.2 Å². The van der Waals surface area contributed by atoms with Gasteiger partial charge in [0.2, 0.25) is 0 Å². The molecule has 3 aromatic carbocycles. The molecular weight excluding hydrogens is 473 g/mol. The molecule has 0 fully saturated rings. The number of carbonyl (C=O) groups is 3. The lowest BCUT2D eigenvalue weighted by molar-refractivity contribution is -0.120. The summed E-state index contributed by atoms with van der Waals surface area (Å²) in [5, 5.41) is 3.24. The number of aryl methyl sites for hydroxylation is 1. The molecular formula is C26H21Cl2N3O3. The van der Waals surface area contributed by atoms with Gasteiger partial charge in [-0.2, -0.15) is 0 Å². The first-order valence-corrected chi connectivity index (χ1v) is 11.4. The van der Waals surface area contributed by atoms with Crippen LogP contribution >= 0.6 is 23.2 Å². The highest BCUT2D eigenvalue weighted by Crippen LogP contribution is 2.32. The average Bonchev–Trinajstić information content (AvgIpc) is 3.05.